The maximum atomic E-state index is 12.5. The number of nitrogens with one attached hydrogen (secondary N) is 1. The number of hydrogen-bond acceptors (Lipinski definition) is 2. The molecule has 0 amide bonds. The van der Waals surface area contributed by atoms with E-state index in [1.54, 1.807) is 30.3 Å². The molecule has 3 nitrogen and oxygen atoms in total. The number of hydrogen-bond donors (Lipinski definition) is 1. The molecule has 0 fully saturated rings. The topological polar surface area (TPSA) is 46.2 Å². The highest BCUT2D eigenvalue weighted by Gasteiger charge is 2.30. The van der Waals surface area contributed by atoms with Gasteiger partial charge in [-0.25, -0.2) is 13.1 Å². The summed E-state index contributed by atoms with van der Waals surface area (Å²) in [5, 5.41) is 0. The van der Waals surface area contributed by atoms with Gasteiger partial charge in [0.05, 0.1) is 10.4 Å². The molecule has 0 radical (unpaired) electrons. The summed E-state index contributed by atoms with van der Waals surface area (Å²) in [7, 11) is -3.53. The van der Waals surface area contributed by atoms with E-state index in [2.05, 4.69) is 4.72 Å². The van der Waals surface area contributed by atoms with Crippen molar-refractivity contribution in [1.82, 2.24) is 4.72 Å². The van der Waals surface area contributed by atoms with Crippen LogP contribution in [0.4, 0.5) is 0 Å². The van der Waals surface area contributed by atoms with Crippen molar-refractivity contribution in [2.45, 2.75) is 30.7 Å². The number of benzene rings is 2. The molecule has 0 heterocycles. The molecule has 0 saturated carbocycles. The third kappa shape index (κ3) is 3.08. The van der Waals surface area contributed by atoms with Gasteiger partial charge in [0.25, 0.3) is 0 Å². The van der Waals surface area contributed by atoms with Gasteiger partial charge in [0, 0.05) is 0 Å². The summed E-state index contributed by atoms with van der Waals surface area (Å²) in [5.41, 5.74) is 0.345. The Bertz CT molecular complexity index is 653. The summed E-state index contributed by atoms with van der Waals surface area (Å²) in [5.74, 6) is 0. The molecule has 1 unspecified atom stereocenters. The SMILES string of the molecule is CCC(C)(NS(=O)(=O)c1ccccc1)c1ccccc1. The van der Waals surface area contributed by atoms with Crippen LogP contribution in [-0.2, 0) is 15.6 Å². The largest absolute Gasteiger partial charge is 0.241 e. The van der Waals surface area contributed by atoms with E-state index in [4.69, 9.17) is 0 Å². The zero-order valence-corrected chi connectivity index (χ0v) is 12.5. The Labute approximate surface area is 120 Å². The first-order chi connectivity index (χ1) is 9.48. The molecule has 0 saturated heterocycles. The molecule has 4 heteroatoms. The maximum absolute atomic E-state index is 12.5. The van der Waals surface area contributed by atoms with Crippen LogP contribution in [-0.4, -0.2) is 8.42 Å². The maximum Gasteiger partial charge on any atom is 0.241 e. The van der Waals surface area contributed by atoms with Crippen molar-refractivity contribution < 1.29 is 8.42 Å². The fourth-order valence-corrected chi connectivity index (χ4v) is 3.58. The molecule has 0 aromatic heterocycles. The monoisotopic (exact) mass is 289 g/mol. The number of sulfonamides is 1. The molecule has 2 rings (SSSR count). The van der Waals surface area contributed by atoms with E-state index in [0.717, 1.165) is 5.56 Å². The summed E-state index contributed by atoms with van der Waals surface area (Å²) in [6.45, 7) is 3.88. The van der Waals surface area contributed by atoms with Crippen LogP contribution in [0.15, 0.2) is 65.6 Å². The van der Waals surface area contributed by atoms with Gasteiger partial charge in [-0.1, -0.05) is 55.5 Å². The fourth-order valence-electron chi connectivity index (χ4n) is 2.10. The Hall–Kier alpha value is -1.65. The van der Waals surface area contributed by atoms with Gasteiger partial charge in [-0.05, 0) is 31.0 Å². The lowest BCUT2D eigenvalue weighted by Gasteiger charge is -2.30. The van der Waals surface area contributed by atoms with Crippen LogP contribution in [0.1, 0.15) is 25.8 Å². The van der Waals surface area contributed by atoms with Gasteiger partial charge in [0.1, 0.15) is 0 Å². The Balaban J connectivity index is 2.36. The molecule has 0 aliphatic rings. The zero-order chi connectivity index (χ0) is 14.6. The van der Waals surface area contributed by atoms with Gasteiger partial charge in [-0.15, -0.1) is 0 Å². The first-order valence-electron chi connectivity index (χ1n) is 6.62. The van der Waals surface area contributed by atoms with Crippen LogP contribution in [0.3, 0.4) is 0 Å². The van der Waals surface area contributed by atoms with Crippen LogP contribution < -0.4 is 4.72 Å². The first kappa shape index (κ1) is 14.8. The second-order valence-electron chi connectivity index (χ2n) is 4.97. The van der Waals surface area contributed by atoms with Crippen LogP contribution >= 0.6 is 0 Å². The van der Waals surface area contributed by atoms with Crippen molar-refractivity contribution in [2.75, 3.05) is 0 Å². The molecule has 0 bridgehead atoms. The average Bonchev–Trinajstić information content (AvgIpc) is 2.48. The molecular weight excluding hydrogens is 270 g/mol. The van der Waals surface area contributed by atoms with Gasteiger partial charge >= 0.3 is 0 Å². The van der Waals surface area contributed by atoms with Crippen LogP contribution in [0.2, 0.25) is 0 Å². The summed E-state index contributed by atoms with van der Waals surface area (Å²) >= 11 is 0. The van der Waals surface area contributed by atoms with Gasteiger partial charge < -0.3 is 0 Å². The second kappa shape index (κ2) is 5.77. The Morgan fingerprint density at radius 1 is 0.950 bits per heavy atom. The first-order valence-corrected chi connectivity index (χ1v) is 8.11. The highest BCUT2D eigenvalue weighted by atomic mass is 32.2. The van der Waals surface area contributed by atoms with Gasteiger partial charge in [-0.3, -0.25) is 0 Å². The minimum Gasteiger partial charge on any atom is -0.207 e. The summed E-state index contributed by atoms with van der Waals surface area (Å²) in [6, 6.07) is 18.1. The third-order valence-corrected chi connectivity index (χ3v) is 5.14. The molecule has 106 valence electrons. The zero-order valence-electron chi connectivity index (χ0n) is 11.7. The Morgan fingerprint density at radius 3 is 1.95 bits per heavy atom. The van der Waals surface area contributed by atoms with Crippen molar-refractivity contribution in [2.24, 2.45) is 0 Å². The molecule has 2 aromatic carbocycles. The van der Waals surface area contributed by atoms with E-state index in [9.17, 15) is 8.42 Å². The minimum atomic E-state index is -3.53. The highest BCUT2D eigenvalue weighted by Crippen LogP contribution is 2.26. The van der Waals surface area contributed by atoms with Gasteiger partial charge in [0.15, 0.2) is 0 Å². The molecule has 2 aromatic rings. The molecule has 0 aliphatic heterocycles. The van der Waals surface area contributed by atoms with Gasteiger partial charge in [0.2, 0.25) is 10.0 Å². The minimum absolute atomic E-state index is 0.288. The van der Waals surface area contributed by atoms with Crippen molar-refractivity contribution in [3.63, 3.8) is 0 Å². The molecular formula is C16H19NO2S. The summed E-state index contributed by atoms with van der Waals surface area (Å²) in [4.78, 5) is 0.288. The summed E-state index contributed by atoms with van der Waals surface area (Å²) < 4.78 is 27.8. The van der Waals surface area contributed by atoms with Crippen molar-refractivity contribution >= 4 is 10.0 Å². The lowest BCUT2D eigenvalue weighted by atomic mass is 9.91. The molecule has 0 aliphatic carbocycles. The normalized spacial score (nSPS) is 14.7. The van der Waals surface area contributed by atoms with Crippen molar-refractivity contribution in [1.29, 1.82) is 0 Å². The third-order valence-electron chi connectivity index (χ3n) is 3.53. The second-order valence-corrected chi connectivity index (χ2v) is 6.65. The highest BCUT2D eigenvalue weighted by molar-refractivity contribution is 7.89. The quantitative estimate of drug-likeness (QED) is 0.918. The smallest absolute Gasteiger partial charge is 0.207 e. The summed E-state index contributed by atoms with van der Waals surface area (Å²) in [6.07, 6.45) is 0.670. The molecule has 0 spiro atoms. The van der Waals surface area contributed by atoms with Crippen LogP contribution in [0.5, 0.6) is 0 Å². The fraction of sp³-hybridized carbons (Fsp3) is 0.250. The van der Waals surface area contributed by atoms with E-state index < -0.39 is 15.6 Å². The predicted octanol–water partition coefficient (Wildman–Crippen LogP) is 3.29. The van der Waals surface area contributed by atoms with Crippen LogP contribution in [0.25, 0.3) is 0 Å². The van der Waals surface area contributed by atoms with Crippen LogP contribution in [0, 0.1) is 0 Å². The van der Waals surface area contributed by atoms with E-state index in [0.29, 0.717) is 6.42 Å². The Kier molecular flexibility index (Phi) is 4.26. The predicted molar refractivity (Wildman–Crippen MR) is 80.8 cm³/mol. The van der Waals surface area contributed by atoms with E-state index >= 15 is 0 Å². The standard InChI is InChI=1S/C16H19NO2S/c1-3-16(2,14-10-6-4-7-11-14)17-20(18,19)15-12-8-5-9-13-15/h4-13,17H,3H2,1-2H3. The van der Waals surface area contributed by atoms with E-state index in [1.165, 1.54) is 0 Å². The lowest BCUT2D eigenvalue weighted by molar-refractivity contribution is 0.417. The lowest BCUT2D eigenvalue weighted by Crippen LogP contribution is -2.42. The van der Waals surface area contributed by atoms with Crippen molar-refractivity contribution in [3.8, 4) is 0 Å². The van der Waals surface area contributed by atoms with E-state index in [-0.39, 0.29) is 4.90 Å². The van der Waals surface area contributed by atoms with Gasteiger partial charge in [-0.2, -0.15) is 0 Å². The molecule has 1 N–H and O–H groups in total. The average molecular weight is 289 g/mol. The van der Waals surface area contributed by atoms with E-state index in [1.807, 2.05) is 44.2 Å². The Morgan fingerprint density at radius 2 is 1.45 bits per heavy atom. The molecule has 20 heavy (non-hydrogen) atoms. The van der Waals surface area contributed by atoms with Crippen molar-refractivity contribution in [3.05, 3.63) is 66.2 Å². The molecule has 1 atom stereocenters. The number of rotatable bonds is 5.